The van der Waals surface area contributed by atoms with Gasteiger partial charge in [-0.3, -0.25) is 0 Å². The molecule has 2 aromatic rings. The van der Waals surface area contributed by atoms with Crippen molar-refractivity contribution in [3.63, 3.8) is 0 Å². The summed E-state index contributed by atoms with van der Waals surface area (Å²) in [6, 6.07) is 12.2. The van der Waals surface area contributed by atoms with Gasteiger partial charge in [0.05, 0.1) is 6.61 Å². The Balaban J connectivity index is 1.70. The van der Waals surface area contributed by atoms with Crippen molar-refractivity contribution in [2.24, 2.45) is 16.3 Å². The van der Waals surface area contributed by atoms with Gasteiger partial charge < -0.3 is 15.7 Å². The molecule has 3 N–H and O–H groups in total. The molecule has 0 atom stereocenters. The predicted molar refractivity (Wildman–Crippen MR) is 86.8 cm³/mol. The average Bonchev–Trinajstić information content (AvgIpc) is 3.25. The van der Waals surface area contributed by atoms with E-state index in [1.54, 1.807) is 0 Å². The van der Waals surface area contributed by atoms with Crippen LogP contribution in [0.1, 0.15) is 19.3 Å². The smallest absolute Gasteiger partial charge is 0.139 e. The maximum absolute atomic E-state index is 8.67. The topological polar surface area (TPSA) is 67.8 Å². The molecule has 21 heavy (non-hydrogen) atoms. The van der Waals surface area contributed by atoms with Crippen LogP contribution in [0.25, 0.3) is 10.8 Å². The number of benzene rings is 2. The summed E-state index contributed by atoms with van der Waals surface area (Å²) >= 11 is 3.47. The zero-order valence-electron chi connectivity index (χ0n) is 11.6. The number of fused-ring (bicyclic) bond motifs is 1. The van der Waals surface area contributed by atoms with E-state index < -0.39 is 0 Å². The summed E-state index contributed by atoms with van der Waals surface area (Å²) in [6.07, 6.45) is 2.71. The number of oxime groups is 1. The lowest BCUT2D eigenvalue weighted by Gasteiger charge is -2.15. The number of amidine groups is 1. The number of ether oxygens (including phenoxy) is 1. The molecule has 5 heteroatoms. The molecule has 4 nitrogen and oxygen atoms in total. The second-order valence-corrected chi connectivity index (χ2v) is 6.63. The molecular formula is C16H17BrN2O2. The monoisotopic (exact) mass is 348 g/mol. The second-order valence-electron chi connectivity index (χ2n) is 5.71. The van der Waals surface area contributed by atoms with Crippen LogP contribution in [-0.4, -0.2) is 17.6 Å². The maximum atomic E-state index is 8.67. The fourth-order valence-electron chi connectivity index (χ4n) is 2.49. The summed E-state index contributed by atoms with van der Waals surface area (Å²) in [5, 5.41) is 14.0. The highest BCUT2D eigenvalue weighted by Crippen LogP contribution is 2.49. The van der Waals surface area contributed by atoms with Gasteiger partial charge in [0.25, 0.3) is 0 Å². The van der Waals surface area contributed by atoms with Crippen molar-refractivity contribution in [3.8, 4) is 5.75 Å². The molecule has 2 aromatic carbocycles. The van der Waals surface area contributed by atoms with Crippen LogP contribution in [-0.2, 0) is 0 Å². The van der Waals surface area contributed by atoms with E-state index in [0.29, 0.717) is 13.0 Å². The van der Waals surface area contributed by atoms with Crippen LogP contribution in [0.4, 0.5) is 0 Å². The molecule has 1 aliphatic rings. The van der Waals surface area contributed by atoms with Gasteiger partial charge in [0.2, 0.25) is 0 Å². The molecule has 0 radical (unpaired) electrons. The first-order valence-electron chi connectivity index (χ1n) is 6.89. The van der Waals surface area contributed by atoms with Gasteiger partial charge in [0.1, 0.15) is 11.6 Å². The summed E-state index contributed by atoms with van der Waals surface area (Å²) in [6.45, 7) is 0.602. The molecule has 0 unspecified atom stereocenters. The van der Waals surface area contributed by atoms with Crippen molar-refractivity contribution < 1.29 is 9.94 Å². The van der Waals surface area contributed by atoms with Crippen molar-refractivity contribution >= 4 is 32.5 Å². The Morgan fingerprint density at radius 3 is 2.67 bits per heavy atom. The van der Waals surface area contributed by atoms with Crippen LogP contribution >= 0.6 is 15.9 Å². The van der Waals surface area contributed by atoms with E-state index in [9.17, 15) is 0 Å². The fraction of sp³-hybridized carbons (Fsp3) is 0.312. The van der Waals surface area contributed by atoms with Gasteiger partial charge in [-0.15, -0.1) is 0 Å². The summed E-state index contributed by atoms with van der Waals surface area (Å²) in [5.74, 6) is 1.13. The molecule has 1 saturated carbocycles. The fourth-order valence-corrected chi connectivity index (χ4v) is 2.87. The molecule has 0 amide bonds. The van der Waals surface area contributed by atoms with Gasteiger partial charge in [-0.05, 0) is 47.9 Å². The van der Waals surface area contributed by atoms with E-state index in [-0.39, 0.29) is 11.3 Å². The average molecular weight is 349 g/mol. The molecule has 0 spiro atoms. The summed E-state index contributed by atoms with van der Waals surface area (Å²) in [5.41, 5.74) is 5.64. The Hall–Kier alpha value is -1.75. The Bertz CT molecular complexity index is 696. The molecule has 0 aliphatic heterocycles. The molecule has 1 fully saturated rings. The third-order valence-corrected chi connectivity index (χ3v) is 4.45. The summed E-state index contributed by atoms with van der Waals surface area (Å²) in [7, 11) is 0. The molecule has 3 rings (SSSR count). The Kier molecular flexibility index (Phi) is 3.76. The first-order chi connectivity index (χ1) is 10.1. The Morgan fingerprint density at radius 1 is 1.24 bits per heavy atom. The number of nitrogens with two attached hydrogens (primary N) is 1. The molecule has 0 aromatic heterocycles. The van der Waals surface area contributed by atoms with Crippen LogP contribution in [0, 0.1) is 5.41 Å². The standard InChI is InChI=1S/C16H17BrN2O2/c17-13-3-1-12-8-14(4-2-11(12)7-13)21-10-16(5-6-16)9-15(18)19-20/h1-4,7-8,20H,5-6,9-10H2,(H2,18,19). The Labute approximate surface area is 131 Å². The first-order valence-corrected chi connectivity index (χ1v) is 7.68. The predicted octanol–water partition coefficient (Wildman–Crippen LogP) is 3.90. The number of halogens is 1. The minimum absolute atomic E-state index is 0.0466. The van der Waals surface area contributed by atoms with E-state index >= 15 is 0 Å². The minimum Gasteiger partial charge on any atom is -0.493 e. The second kappa shape index (κ2) is 5.56. The number of hydrogen-bond acceptors (Lipinski definition) is 3. The third kappa shape index (κ3) is 3.29. The van der Waals surface area contributed by atoms with E-state index in [4.69, 9.17) is 15.7 Å². The van der Waals surface area contributed by atoms with E-state index in [1.807, 2.05) is 18.2 Å². The molecular weight excluding hydrogens is 332 g/mol. The summed E-state index contributed by atoms with van der Waals surface area (Å²) in [4.78, 5) is 0. The van der Waals surface area contributed by atoms with Crippen LogP contribution in [0.2, 0.25) is 0 Å². The molecule has 1 aliphatic carbocycles. The van der Waals surface area contributed by atoms with Crippen molar-refractivity contribution in [2.75, 3.05) is 6.61 Å². The van der Waals surface area contributed by atoms with Crippen LogP contribution in [0.15, 0.2) is 46.0 Å². The summed E-state index contributed by atoms with van der Waals surface area (Å²) < 4.78 is 6.98. The van der Waals surface area contributed by atoms with Gasteiger partial charge in [0, 0.05) is 16.3 Å². The maximum Gasteiger partial charge on any atom is 0.139 e. The highest BCUT2D eigenvalue weighted by atomic mass is 79.9. The zero-order valence-corrected chi connectivity index (χ0v) is 13.1. The van der Waals surface area contributed by atoms with Crippen molar-refractivity contribution in [2.45, 2.75) is 19.3 Å². The molecule has 0 bridgehead atoms. The van der Waals surface area contributed by atoms with Gasteiger partial charge in [-0.25, -0.2) is 0 Å². The van der Waals surface area contributed by atoms with Gasteiger partial charge in [-0.2, -0.15) is 0 Å². The van der Waals surface area contributed by atoms with Gasteiger partial charge >= 0.3 is 0 Å². The molecule has 0 saturated heterocycles. The first kappa shape index (κ1) is 14.2. The minimum atomic E-state index is 0.0466. The van der Waals surface area contributed by atoms with Crippen molar-refractivity contribution in [1.82, 2.24) is 0 Å². The number of nitrogens with zero attached hydrogens (tertiary/aromatic N) is 1. The lowest BCUT2D eigenvalue weighted by molar-refractivity contribution is 0.236. The van der Waals surface area contributed by atoms with Crippen LogP contribution in [0.5, 0.6) is 5.75 Å². The largest absolute Gasteiger partial charge is 0.493 e. The van der Waals surface area contributed by atoms with E-state index in [2.05, 4.69) is 39.3 Å². The SMILES string of the molecule is NC(CC1(COc2ccc3cc(Br)ccc3c2)CC1)=NO. The van der Waals surface area contributed by atoms with Crippen molar-refractivity contribution in [1.29, 1.82) is 0 Å². The number of rotatable bonds is 5. The molecule has 110 valence electrons. The zero-order chi connectivity index (χ0) is 14.9. The normalized spacial score (nSPS) is 16.9. The highest BCUT2D eigenvalue weighted by Gasteiger charge is 2.44. The molecule has 0 heterocycles. The van der Waals surface area contributed by atoms with E-state index in [1.165, 1.54) is 5.39 Å². The number of hydrogen-bond donors (Lipinski definition) is 2. The lowest BCUT2D eigenvalue weighted by atomic mass is 10.0. The van der Waals surface area contributed by atoms with Gasteiger partial charge in [0.15, 0.2) is 0 Å². The Morgan fingerprint density at radius 2 is 1.95 bits per heavy atom. The lowest BCUT2D eigenvalue weighted by Crippen LogP contribution is -2.22. The third-order valence-electron chi connectivity index (χ3n) is 3.96. The van der Waals surface area contributed by atoms with Crippen LogP contribution in [0.3, 0.4) is 0 Å². The quantitative estimate of drug-likeness (QED) is 0.372. The van der Waals surface area contributed by atoms with E-state index in [0.717, 1.165) is 28.5 Å². The van der Waals surface area contributed by atoms with Crippen molar-refractivity contribution in [3.05, 3.63) is 40.9 Å². The highest BCUT2D eigenvalue weighted by molar-refractivity contribution is 9.10. The van der Waals surface area contributed by atoms with Gasteiger partial charge in [-0.1, -0.05) is 33.2 Å². The van der Waals surface area contributed by atoms with Crippen LogP contribution < -0.4 is 10.5 Å².